The number of nitrogens with two attached hydrogens (primary N) is 1. The SMILES string of the molecule is COC(=O)CCCOC(=O)c1cc(N)c(C)s1. The van der Waals surface area contributed by atoms with Crippen molar-refractivity contribution in [2.24, 2.45) is 0 Å². The average Bonchev–Trinajstić information content (AvgIpc) is 2.64. The predicted octanol–water partition coefficient (Wildman–Crippen LogP) is 1.75. The summed E-state index contributed by atoms with van der Waals surface area (Å²) in [6, 6.07) is 1.60. The number of esters is 2. The Hall–Kier alpha value is -1.56. The van der Waals surface area contributed by atoms with E-state index in [0.717, 1.165) is 4.88 Å². The van der Waals surface area contributed by atoms with Crippen LogP contribution in [0.4, 0.5) is 5.69 Å². The highest BCUT2D eigenvalue weighted by Crippen LogP contribution is 2.23. The van der Waals surface area contributed by atoms with Crippen molar-refractivity contribution in [2.45, 2.75) is 19.8 Å². The molecule has 0 aliphatic carbocycles. The Labute approximate surface area is 104 Å². The normalized spacial score (nSPS) is 10.0. The molecule has 0 aliphatic rings. The lowest BCUT2D eigenvalue weighted by Gasteiger charge is -2.02. The van der Waals surface area contributed by atoms with Gasteiger partial charge in [-0.15, -0.1) is 11.3 Å². The maximum Gasteiger partial charge on any atom is 0.348 e. The van der Waals surface area contributed by atoms with Crippen molar-refractivity contribution >= 4 is 29.0 Å². The van der Waals surface area contributed by atoms with Gasteiger partial charge in [-0.2, -0.15) is 0 Å². The van der Waals surface area contributed by atoms with Gasteiger partial charge >= 0.3 is 11.9 Å². The zero-order chi connectivity index (χ0) is 12.8. The Morgan fingerprint density at radius 1 is 1.47 bits per heavy atom. The molecule has 0 aliphatic heterocycles. The van der Waals surface area contributed by atoms with E-state index < -0.39 is 5.97 Å². The molecule has 5 nitrogen and oxygen atoms in total. The van der Waals surface area contributed by atoms with E-state index in [1.807, 2.05) is 6.92 Å². The fourth-order valence-electron chi connectivity index (χ4n) is 1.15. The molecule has 1 aromatic rings. The van der Waals surface area contributed by atoms with Gasteiger partial charge in [-0.3, -0.25) is 4.79 Å². The molecular formula is C11H15NO4S. The number of hydrogen-bond acceptors (Lipinski definition) is 6. The molecule has 0 saturated carbocycles. The van der Waals surface area contributed by atoms with Gasteiger partial charge in [0, 0.05) is 17.0 Å². The molecule has 0 bridgehead atoms. The van der Waals surface area contributed by atoms with Crippen molar-refractivity contribution in [1.29, 1.82) is 0 Å². The van der Waals surface area contributed by atoms with Crippen molar-refractivity contribution < 1.29 is 19.1 Å². The van der Waals surface area contributed by atoms with E-state index in [4.69, 9.17) is 10.5 Å². The Balaban J connectivity index is 2.33. The minimum Gasteiger partial charge on any atom is -0.469 e. The number of nitrogen functional groups attached to an aromatic ring is 1. The number of thiophene rings is 1. The first-order valence-electron chi connectivity index (χ1n) is 5.14. The maximum absolute atomic E-state index is 11.5. The molecule has 0 aromatic carbocycles. The van der Waals surface area contributed by atoms with Crippen LogP contribution in [-0.2, 0) is 14.3 Å². The van der Waals surface area contributed by atoms with Crippen LogP contribution >= 0.6 is 11.3 Å². The first-order valence-corrected chi connectivity index (χ1v) is 5.96. The summed E-state index contributed by atoms with van der Waals surface area (Å²) in [5, 5.41) is 0. The Morgan fingerprint density at radius 2 is 2.18 bits per heavy atom. The molecule has 0 atom stereocenters. The van der Waals surface area contributed by atoms with E-state index in [1.165, 1.54) is 18.4 Å². The second kappa shape index (κ2) is 6.24. The Morgan fingerprint density at radius 3 is 2.71 bits per heavy atom. The highest BCUT2D eigenvalue weighted by molar-refractivity contribution is 7.14. The first-order chi connectivity index (χ1) is 8.04. The van der Waals surface area contributed by atoms with Gasteiger partial charge in [0.15, 0.2) is 0 Å². The topological polar surface area (TPSA) is 78.6 Å². The number of rotatable bonds is 5. The largest absolute Gasteiger partial charge is 0.469 e. The molecular weight excluding hydrogens is 242 g/mol. The van der Waals surface area contributed by atoms with Gasteiger partial charge in [0.1, 0.15) is 4.88 Å². The standard InChI is InChI=1S/C11H15NO4S/c1-7-8(12)6-9(17-7)11(14)16-5-3-4-10(13)15-2/h6H,3-5,12H2,1-2H3. The predicted molar refractivity (Wildman–Crippen MR) is 65.0 cm³/mol. The van der Waals surface area contributed by atoms with E-state index in [9.17, 15) is 9.59 Å². The van der Waals surface area contributed by atoms with Crippen LogP contribution in [0.3, 0.4) is 0 Å². The highest BCUT2D eigenvalue weighted by Gasteiger charge is 2.12. The molecule has 1 heterocycles. The van der Waals surface area contributed by atoms with E-state index in [0.29, 0.717) is 17.0 Å². The summed E-state index contributed by atoms with van der Waals surface area (Å²) < 4.78 is 9.47. The second-order valence-electron chi connectivity index (χ2n) is 3.44. The third-order valence-corrected chi connectivity index (χ3v) is 3.19. The number of aryl methyl sites for hydroxylation is 1. The average molecular weight is 257 g/mol. The maximum atomic E-state index is 11.5. The number of hydrogen-bond donors (Lipinski definition) is 1. The summed E-state index contributed by atoms with van der Waals surface area (Å²) in [7, 11) is 1.32. The van der Waals surface area contributed by atoms with Gasteiger partial charge in [-0.05, 0) is 19.4 Å². The minimum absolute atomic E-state index is 0.199. The zero-order valence-electron chi connectivity index (χ0n) is 9.82. The van der Waals surface area contributed by atoms with E-state index in [2.05, 4.69) is 4.74 Å². The molecule has 1 aromatic heterocycles. The van der Waals surface area contributed by atoms with Crippen LogP contribution in [0.15, 0.2) is 6.07 Å². The quantitative estimate of drug-likeness (QED) is 0.642. The summed E-state index contributed by atoms with van der Waals surface area (Å²) in [5.74, 6) is -0.711. The van der Waals surface area contributed by atoms with E-state index in [-0.39, 0.29) is 19.0 Å². The Kier molecular flexibility index (Phi) is 4.96. The number of ether oxygens (including phenoxy) is 2. The second-order valence-corrected chi connectivity index (χ2v) is 4.69. The number of carbonyl (C=O) groups excluding carboxylic acids is 2. The van der Waals surface area contributed by atoms with Gasteiger partial charge in [0.25, 0.3) is 0 Å². The molecule has 0 radical (unpaired) electrons. The lowest BCUT2D eigenvalue weighted by atomic mass is 10.3. The molecule has 17 heavy (non-hydrogen) atoms. The van der Waals surface area contributed by atoms with Crippen LogP contribution in [-0.4, -0.2) is 25.7 Å². The molecule has 1 rings (SSSR count). The van der Waals surface area contributed by atoms with Gasteiger partial charge in [-0.1, -0.05) is 0 Å². The molecule has 0 saturated heterocycles. The monoisotopic (exact) mass is 257 g/mol. The zero-order valence-corrected chi connectivity index (χ0v) is 10.6. The van der Waals surface area contributed by atoms with Crippen LogP contribution in [0.5, 0.6) is 0 Å². The van der Waals surface area contributed by atoms with Crippen molar-refractivity contribution in [3.8, 4) is 0 Å². The third-order valence-electron chi connectivity index (χ3n) is 2.14. The van der Waals surface area contributed by atoms with Crippen LogP contribution in [0.1, 0.15) is 27.4 Å². The molecule has 0 fully saturated rings. The summed E-state index contributed by atoms with van der Waals surface area (Å²) in [6.07, 6.45) is 0.702. The summed E-state index contributed by atoms with van der Waals surface area (Å²) >= 11 is 1.30. The first kappa shape index (κ1) is 13.5. The number of methoxy groups -OCH3 is 1. The molecule has 0 unspecified atom stereocenters. The number of anilines is 1. The third kappa shape index (κ3) is 4.07. The molecule has 94 valence electrons. The smallest absolute Gasteiger partial charge is 0.348 e. The van der Waals surface area contributed by atoms with E-state index >= 15 is 0 Å². The van der Waals surface area contributed by atoms with Gasteiger partial charge in [-0.25, -0.2) is 4.79 Å². The van der Waals surface area contributed by atoms with Crippen LogP contribution in [0.2, 0.25) is 0 Å². The van der Waals surface area contributed by atoms with Crippen LogP contribution < -0.4 is 5.73 Å². The fourth-order valence-corrected chi connectivity index (χ4v) is 1.99. The molecule has 0 spiro atoms. The molecule has 0 amide bonds. The summed E-state index contributed by atoms with van der Waals surface area (Å²) in [4.78, 5) is 23.7. The van der Waals surface area contributed by atoms with Crippen LogP contribution in [0, 0.1) is 6.92 Å². The van der Waals surface area contributed by atoms with Crippen molar-refractivity contribution in [2.75, 3.05) is 19.5 Å². The highest BCUT2D eigenvalue weighted by atomic mass is 32.1. The molecule has 6 heteroatoms. The van der Waals surface area contributed by atoms with Gasteiger partial charge < -0.3 is 15.2 Å². The van der Waals surface area contributed by atoms with Crippen molar-refractivity contribution in [3.05, 3.63) is 15.8 Å². The molecule has 2 N–H and O–H groups in total. The van der Waals surface area contributed by atoms with Crippen molar-refractivity contribution in [1.82, 2.24) is 0 Å². The van der Waals surface area contributed by atoms with E-state index in [1.54, 1.807) is 6.07 Å². The van der Waals surface area contributed by atoms with Crippen molar-refractivity contribution in [3.63, 3.8) is 0 Å². The summed E-state index contributed by atoms with van der Waals surface area (Å²) in [5.41, 5.74) is 6.23. The van der Waals surface area contributed by atoms with Crippen LogP contribution in [0.25, 0.3) is 0 Å². The lowest BCUT2D eigenvalue weighted by Crippen LogP contribution is -2.07. The Bertz CT molecular complexity index is 394. The number of carbonyl (C=O) groups is 2. The fraction of sp³-hybridized carbons (Fsp3) is 0.455. The minimum atomic E-state index is -0.403. The van der Waals surface area contributed by atoms with Gasteiger partial charge in [0.05, 0.1) is 13.7 Å². The lowest BCUT2D eigenvalue weighted by molar-refractivity contribution is -0.140. The van der Waals surface area contributed by atoms with Gasteiger partial charge in [0.2, 0.25) is 0 Å². The summed E-state index contributed by atoms with van der Waals surface area (Å²) in [6.45, 7) is 2.04.